The second kappa shape index (κ2) is 7.64. The zero-order valence-corrected chi connectivity index (χ0v) is 9.22. The van der Waals surface area contributed by atoms with Crippen LogP contribution in [-0.4, -0.2) is 0 Å². The quantitative estimate of drug-likeness (QED) is 0.439. The molecule has 0 amide bonds. The van der Waals surface area contributed by atoms with Gasteiger partial charge in [-0.3, -0.25) is 0 Å². The van der Waals surface area contributed by atoms with Crippen molar-refractivity contribution in [2.45, 2.75) is 40.5 Å². The molecule has 0 atom stereocenters. The summed E-state index contributed by atoms with van der Waals surface area (Å²) in [5.74, 6) is 0. The van der Waals surface area contributed by atoms with Crippen LogP contribution in [0.15, 0.2) is 41.2 Å². The smallest absolute Gasteiger partial charge is 0.00918 e. The van der Waals surface area contributed by atoms with Crippen LogP contribution in [-0.2, 0) is 0 Å². The first-order valence-electron chi connectivity index (χ1n) is 4.94. The Labute approximate surface area is 82.4 Å². The summed E-state index contributed by atoms with van der Waals surface area (Å²) in [5.41, 5.74) is 5.68. The van der Waals surface area contributed by atoms with Gasteiger partial charge >= 0.3 is 0 Å². The molecular weight excluding hydrogens is 156 g/mol. The predicted molar refractivity (Wildman–Crippen MR) is 60.7 cm³/mol. The fourth-order valence-electron chi connectivity index (χ4n) is 1.07. The van der Waals surface area contributed by atoms with E-state index in [-0.39, 0.29) is 0 Å². The summed E-state index contributed by atoms with van der Waals surface area (Å²) in [6, 6.07) is 0. The Kier molecular flexibility index (Phi) is 7.05. The van der Waals surface area contributed by atoms with Crippen molar-refractivity contribution in [3.8, 4) is 0 Å². The van der Waals surface area contributed by atoms with E-state index in [9.17, 15) is 0 Å². The summed E-state index contributed by atoms with van der Waals surface area (Å²) in [4.78, 5) is 0. The Bertz CT molecular complexity index is 245. The molecule has 0 saturated carbocycles. The maximum Gasteiger partial charge on any atom is -0.00918 e. The third-order valence-corrected chi connectivity index (χ3v) is 1.63. The standard InChI is InChI=1S/C13H20/c1-5-7-8-10-13(4)11-12(3)9-6-2/h6,8-10H,5,7H2,1-4H3/b9-6+,10-8+. The molecule has 0 aliphatic rings. The van der Waals surface area contributed by atoms with E-state index < -0.39 is 0 Å². The van der Waals surface area contributed by atoms with Gasteiger partial charge in [-0.25, -0.2) is 0 Å². The minimum absolute atomic E-state index is 1.15. The summed E-state index contributed by atoms with van der Waals surface area (Å²) in [5, 5.41) is 0. The van der Waals surface area contributed by atoms with Crippen LogP contribution >= 0.6 is 0 Å². The van der Waals surface area contributed by atoms with E-state index in [0.29, 0.717) is 0 Å². The molecule has 13 heavy (non-hydrogen) atoms. The molecule has 0 aliphatic carbocycles. The molecule has 0 saturated heterocycles. The van der Waals surface area contributed by atoms with Gasteiger partial charge in [-0.15, -0.1) is 5.73 Å². The fraction of sp³-hybridized carbons (Fsp3) is 0.462. The normalized spacial score (nSPS) is 10.8. The average molecular weight is 176 g/mol. The minimum Gasteiger partial charge on any atom is -0.114 e. The number of hydrogen-bond acceptors (Lipinski definition) is 0. The third kappa shape index (κ3) is 7.36. The van der Waals surface area contributed by atoms with Crippen molar-refractivity contribution in [1.29, 1.82) is 0 Å². The molecule has 0 heterocycles. The first-order chi connectivity index (χ1) is 6.20. The van der Waals surface area contributed by atoms with Crippen molar-refractivity contribution in [3.63, 3.8) is 0 Å². The Hall–Kier alpha value is -1.00. The van der Waals surface area contributed by atoms with E-state index in [4.69, 9.17) is 0 Å². The van der Waals surface area contributed by atoms with Crippen LogP contribution in [0.25, 0.3) is 0 Å². The highest BCUT2D eigenvalue weighted by Gasteiger charge is 1.80. The molecule has 0 aliphatic heterocycles. The molecule has 0 bridgehead atoms. The van der Waals surface area contributed by atoms with Gasteiger partial charge in [-0.2, -0.15) is 0 Å². The second-order valence-electron chi connectivity index (χ2n) is 3.18. The van der Waals surface area contributed by atoms with E-state index in [1.165, 1.54) is 17.6 Å². The Morgan fingerprint density at radius 3 is 2.31 bits per heavy atom. The molecule has 0 aromatic carbocycles. The lowest BCUT2D eigenvalue weighted by Gasteiger charge is -1.88. The van der Waals surface area contributed by atoms with Crippen molar-refractivity contribution in [1.82, 2.24) is 0 Å². The zero-order valence-electron chi connectivity index (χ0n) is 9.22. The molecule has 0 fully saturated rings. The minimum atomic E-state index is 1.15. The van der Waals surface area contributed by atoms with Gasteiger partial charge in [0.1, 0.15) is 0 Å². The van der Waals surface area contributed by atoms with Crippen molar-refractivity contribution in [2.75, 3.05) is 0 Å². The summed E-state index contributed by atoms with van der Waals surface area (Å²) in [6.07, 6.45) is 10.8. The summed E-state index contributed by atoms with van der Waals surface area (Å²) >= 11 is 0. The summed E-state index contributed by atoms with van der Waals surface area (Å²) in [6.45, 7) is 8.36. The summed E-state index contributed by atoms with van der Waals surface area (Å²) in [7, 11) is 0. The maximum atomic E-state index is 3.30. The predicted octanol–water partition coefficient (Wildman–Crippen LogP) is 4.41. The van der Waals surface area contributed by atoms with Crippen LogP contribution in [0.3, 0.4) is 0 Å². The molecule has 72 valence electrons. The van der Waals surface area contributed by atoms with Gasteiger partial charge in [0.25, 0.3) is 0 Å². The van der Waals surface area contributed by atoms with Gasteiger partial charge in [0.15, 0.2) is 0 Å². The van der Waals surface area contributed by atoms with Crippen molar-refractivity contribution in [2.24, 2.45) is 0 Å². The van der Waals surface area contributed by atoms with E-state index in [0.717, 1.165) is 6.42 Å². The highest BCUT2D eigenvalue weighted by Crippen LogP contribution is 1.99. The van der Waals surface area contributed by atoms with Crippen molar-refractivity contribution < 1.29 is 0 Å². The van der Waals surface area contributed by atoms with Crippen LogP contribution in [0, 0.1) is 0 Å². The van der Waals surface area contributed by atoms with Crippen LogP contribution in [0.5, 0.6) is 0 Å². The zero-order chi connectivity index (χ0) is 10.1. The van der Waals surface area contributed by atoms with Crippen LogP contribution in [0.4, 0.5) is 0 Å². The average Bonchev–Trinajstić information content (AvgIpc) is 2.05. The summed E-state index contributed by atoms with van der Waals surface area (Å²) < 4.78 is 0. The molecule has 0 aromatic rings. The van der Waals surface area contributed by atoms with Crippen LogP contribution in [0.1, 0.15) is 40.5 Å². The van der Waals surface area contributed by atoms with Crippen LogP contribution < -0.4 is 0 Å². The first-order valence-corrected chi connectivity index (χ1v) is 4.94. The second-order valence-corrected chi connectivity index (χ2v) is 3.18. The molecule has 0 spiro atoms. The van der Waals surface area contributed by atoms with Gasteiger partial charge in [0, 0.05) is 0 Å². The van der Waals surface area contributed by atoms with E-state index in [1.54, 1.807) is 0 Å². The molecule has 0 unspecified atom stereocenters. The number of rotatable bonds is 4. The molecule has 0 rings (SSSR count). The molecule has 0 nitrogen and oxygen atoms in total. The Balaban J connectivity index is 4.38. The topological polar surface area (TPSA) is 0 Å². The first kappa shape index (κ1) is 12.0. The number of hydrogen-bond donors (Lipinski definition) is 0. The van der Waals surface area contributed by atoms with Crippen molar-refractivity contribution in [3.05, 3.63) is 41.2 Å². The van der Waals surface area contributed by atoms with Gasteiger partial charge in [-0.1, -0.05) is 37.6 Å². The van der Waals surface area contributed by atoms with Gasteiger partial charge < -0.3 is 0 Å². The molecule has 0 N–H and O–H groups in total. The molecule has 0 radical (unpaired) electrons. The number of allylic oxidation sites excluding steroid dienone is 5. The highest BCUT2D eigenvalue weighted by atomic mass is 13.9. The number of unbranched alkanes of at least 4 members (excludes halogenated alkanes) is 1. The van der Waals surface area contributed by atoms with Gasteiger partial charge in [0.2, 0.25) is 0 Å². The van der Waals surface area contributed by atoms with Gasteiger partial charge in [0.05, 0.1) is 0 Å². The Morgan fingerprint density at radius 2 is 1.77 bits per heavy atom. The lowest BCUT2D eigenvalue weighted by atomic mass is 10.2. The fourth-order valence-corrected chi connectivity index (χ4v) is 1.07. The van der Waals surface area contributed by atoms with Crippen molar-refractivity contribution >= 4 is 0 Å². The maximum absolute atomic E-state index is 3.30. The largest absolute Gasteiger partial charge is 0.114 e. The molecular formula is C13H20. The molecule has 0 aromatic heterocycles. The van der Waals surface area contributed by atoms with E-state index in [1.807, 2.05) is 13.0 Å². The van der Waals surface area contributed by atoms with Crippen LogP contribution in [0.2, 0.25) is 0 Å². The highest BCUT2D eigenvalue weighted by molar-refractivity contribution is 5.23. The van der Waals surface area contributed by atoms with E-state index in [2.05, 4.69) is 44.7 Å². The molecule has 0 heteroatoms. The SMILES string of the molecule is C/C=C/C(C)=C=C(C)/C=C/CCC. The lowest BCUT2D eigenvalue weighted by Crippen LogP contribution is -1.68. The third-order valence-electron chi connectivity index (χ3n) is 1.63. The monoisotopic (exact) mass is 176 g/mol. The van der Waals surface area contributed by atoms with E-state index >= 15 is 0 Å². The lowest BCUT2D eigenvalue weighted by molar-refractivity contribution is 0.957. The Morgan fingerprint density at radius 1 is 1.15 bits per heavy atom. The van der Waals surface area contributed by atoms with Gasteiger partial charge in [-0.05, 0) is 38.3 Å².